The zero-order chi connectivity index (χ0) is 22.2. The number of carbonyl (C=O) groups is 3. The van der Waals surface area contributed by atoms with Crippen LogP contribution in [-0.4, -0.2) is 40.7 Å². The number of ether oxygens (including phenoxy) is 2. The van der Waals surface area contributed by atoms with Crippen molar-refractivity contribution >= 4 is 23.8 Å². The van der Waals surface area contributed by atoms with Crippen molar-refractivity contribution in [3.8, 4) is 0 Å². The highest BCUT2D eigenvalue weighted by Crippen LogP contribution is 2.18. The highest BCUT2D eigenvalue weighted by molar-refractivity contribution is 6.02. The topological polar surface area (TPSA) is 107 Å². The fraction of sp³-hybridized carbons (Fsp3) is 0.619. The van der Waals surface area contributed by atoms with E-state index < -0.39 is 23.4 Å². The Morgan fingerprint density at radius 2 is 1.55 bits per heavy atom. The number of hydrogen-bond acceptors (Lipinski definition) is 6. The third-order valence-electron chi connectivity index (χ3n) is 3.47. The van der Waals surface area contributed by atoms with Gasteiger partial charge in [0.2, 0.25) is 0 Å². The van der Waals surface area contributed by atoms with Gasteiger partial charge in [-0.25, -0.2) is 14.6 Å². The number of anilines is 1. The Morgan fingerprint density at radius 3 is 2.10 bits per heavy atom. The van der Waals surface area contributed by atoms with Crippen molar-refractivity contribution in [3.05, 3.63) is 23.4 Å². The lowest BCUT2D eigenvalue weighted by Gasteiger charge is -2.20. The molecule has 1 rings (SSSR count). The van der Waals surface area contributed by atoms with Gasteiger partial charge in [0.25, 0.3) is 0 Å². The molecular formula is C21H33N3O5. The highest BCUT2D eigenvalue weighted by Gasteiger charge is 2.20. The van der Waals surface area contributed by atoms with Gasteiger partial charge in [0.05, 0.1) is 5.56 Å². The minimum absolute atomic E-state index is 0.123. The summed E-state index contributed by atoms with van der Waals surface area (Å²) in [6.45, 7) is 12.8. The maximum atomic E-state index is 12.2. The van der Waals surface area contributed by atoms with E-state index in [-0.39, 0.29) is 11.6 Å². The molecule has 0 spiro atoms. The molecule has 0 unspecified atom stereocenters. The van der Waals surface area contributed by atoms with Gasteiger partial charge in [0.15, 0.2) is 5.78 Å². The predicted octanol–water partition coefficient (Wildman–Crippen LogP) is 4.48. The van der Waals surface area contributed by atoms with Crippen molar-refractivity contribution in [3.63, 3.8) is 0 Å². The van der Waals surface area contributed by atoms with Crippen LogP contribution < -0.4 is 10.6 Å². The molecule has 8 heteroatoms. The molecule has 0 saturated heterocycles. The normalized spacial score (nSPS) is 11.6. The van der Waals surface area contributed by atoms with Gasteiger partial charge in [0, 0.05) is 18.7 Å². The van der Waals surface area contributed by atoms with Crippen LogP contribution in [0.4, 0.5) is 15.4 Å². The zero-order valence-electron chi connectivity index (χ0n) is 18.5. The van der Waals surface area contributed by atoms with Crippen LogP contribution in [0.2, 0.25) is 0 Å². The van der Waals surface area contributed by atoms with Gasteiger partial charge in [-0.1, -0.05) is 6.92 Å². The van der Waals surface area contributed by atoms with Crippen LogP contribution in [0.5, 0.6) is 0 Å². The summed E-state index contributed by atoms with van der Waals surface area (Å²) in [7, 11) is 0. The first-order valence-corrected chi connectivity index (χ1v) is 9.80. The van der Waals surface area contributed by atoms with Crippen molar-refractivity contribution in [1.82, 2.24) is 10.3 Å². The number of Topliss-reactive ketones (excluding diaryl/α,β-unsaturated/α-hetero) is 1. The Balaban J connectivity index is 2.76. The molecule has 8 nitrogen and oxygen atoms in total. The summed E-state index contributed by atoms with van der Waals surface area (Å²) < 4.78 is 10.4. The minimum atomic E-state index is -0.668. The quantitative estimate of drug-likeness (QED) is 0.510. The van der Waals surface area contributed by atoms with Crippen molar-refractivity contribution in [2.24, 2.45) is 0 Å². The monoisotopic (exact) mass is 407 g/mol. The average Bonchev–Trinajstić information content (AvgIpc) is 2.55. The largest absolute Gasteiger partial charge is 0.444 e. The van der Waals surface area contributed by atoms with E-state index in [0.717, 1.165) is 0 Å². The number of carbonyl (C=O) groups excluding carboxylic acids is 3. The van der Waals surface area contributed by atoms with Crippen LogP contribution in [0.3, 0.4) is 0 Å². The summed E-state index contributed by atoms with van der Waals surface area (Å²) in [5.74, 6) is 0.0606. The number of aryl methyl sites for hydroxylation is 1. The fourth-order valence-corrected chi connectivity index (χ4v) is 2.32. The van der Waals surface area contributed by atoms with Crippen LogP contribution in [0, 0.1) is 0 Å². The number of nitrogens with zero attached hydrogens (tertiary/aromatic N) is 1. The first-order chi connectivity index (χ1) is 13.3. The smallest absolute Gasteiger partial charge is 0.413 e. The van der Waals surface area contributed by atoms with Crippen molar-refractivity contribution < 1.29 is 23.9 Å². The number of ketones is 1. The lowest BCUT2D eigenvalue weighted by atomic mass is 10.1. The van der Waals surface area contributed by atoms with E-state index in [1.54, 1.807) is 60.6 Å². The Kier molecular flexibility index (Phi) is 8.60. The van der Waals surface area contributed by atoms with E-state index in [1.807, 2.05) is 0 Å². The lowest BCUT2D eigenvalue weighted by Crippen LogP contribution is -2.33. The van der Waals surface area contributed by atoms with E-state index in [0.29, 0.717) is 37.1 Å². The van der Waals surface area contributed by atoms with E-state index in [9.17, 15) is 14.4 Å². The fourth-order valence-electron chi connectivity index (χ4n) is 2.32. The number of amides is 2. The SMILES string of the molecule is CCC(=O)c1ccc(CCCNC(=O)OC(C)(C)C)nc1NC(=O)OC(C)(C)C. The maximum Gasteiger partial charge on any atom is 0.413 e. The number of rotatable bonds is 7. The van der Waals surface area contributed by atoms with Gasteiger partial charge in [-0.3, -0.25) is 10.1 Å². The van der Waals surface area contributed by atoms with Crippen LogP contribution in [0.1, 0.15) is 77.4 Å². The molecule has 0 atom stereocenters. The summed E-state index contributed by atoms with van der Waals surface area (Å²) in [6, 6.07) is 3.40. The number of pyridine rings is 1. The summed E-state index contributed by atoms with van der Waals surface area (Å²) in [5, 5.41) is 5.26. The molecule has 2 amide bonds. The molecular weight excluding hydrogens is 374 g/mol. The van der Waals surface area contributed by atoms with Gasteiger partial charge in [-0.15, -0.1) is 0 Å². The highest BCUT2D eigenvalue weighted by atomic mass is 16.6. The first-order valence-electron chi connectivity index (χ1n) is 9.80. The average molecular weight is 408 g/mol. The van der Waals surface area contributed by atoms with E-state index in [2.05, 4.69) is 15.6 Å². The molecule has 0 bridgehead atoms. The van der Waals surface area contributed by atoms with Gasteiger partial charge in [-0.2, -0.15) is 0 Å². The van der Waals surface area contributed by atoms with Gasteiger partial charge in [-0.05, 0) is 66.5 Å². The molecule has 1 aromatic rings. The van der Waals surface area contributed by atoms with E-state index in [4.69, 9.17) is 9.47 Å². The van der Waals surface area contributed by atoms with Crippen molar-refractivity contribution in [2.75, 3.05) is 11.9 Å². The van der Waals surface area contributed by atoms with Crippen LogP contribution >= 0.6 is 0 Å². The number of aromatic nitrogens is 1. The van der Waals surface area contributed by atoms with E-state index >= 15 is 0 Å². The molecule has 0 aliphatic rings. The van der Waals surface area contributed by atoms with Crippen LogP contribution in [0.25, 0.3) is 0 Å². The van der Waals surface area contributed by atoms with Crippen LogP contribution in [0.15, 0.2) is 12.1 Å². The molecule has 0 aliphatic heterocycles. The van der Waals surface area contributed by atoms with Crippen molar-refractivity contribution in [2.45, 2.75) is 78.9 Å². The maximum absolute atomic E-state index is 12.2. The van der Waals surface area contributed by atoms with Crippen molar-refractivity contribution in [1.29, 1.82) is 0 Å². The van der Waals surface area contributed by atoms with Gasteiger partial charge < -0.3 is 14.8 Å². The molecule has 0 radical (unpaired) electrons. The zero-order valence-corrected chi connectivity index (χ0v) is 18.5. The molecule has 0 aliphatic carbocycles. The number of nitrogens with one attached hydrogen (secondary N) is 2. The second kappa shape index (κ2) is 10.2. The second-order valence-corrected chi connectivity index (χ2v) is 8.63. The Labute approximate surface area is 172 Å². The molecule has 29 heavy (non-hydrogen) atoms. The second-order valence-electron chi connectivity index (χ2n) is 8.63. The Hall–Kier alpha value is -2.64. The Morgan fingerprint density at radius 1 is 0.966 bits per heavy atom. The molecule has 162 valence electrons. The number of alkyl carbamates (subject to hydrolysis) is 1. The van der Waals surface area contributed by atoms with Crippen LogP contribution in [-0.2, 0) is 15.9 Å². The third-order valence-corrected chi connectivity index (χ3v) is 3.47. The summed E-state index contributed by atoms with van der Waals surface area (Å²) in [6.07, 6.45) is 0.336. The summed E-state index contributed by atoms with van der Waals surface area (Å²) >= 11 is 0. The standard InChI is InChI=1S/C21H33N3O5/c1-8-16(25)15-12-11-14(10-9-13-22-18(26)28-20(2,3)4)23-17(15)24-19(27)29-21(5,6)7/h11-12H,8-10,13H2,1-7H3,(H,22,26)(H,23,24,27). The molecule has 0 fully saturated rings. The number of hydrogen-bond donors (Lipinski definition) is 2. The third kappa shape index (κ3) is 9.91. The van der Waals surface area contributed by atoms with E-state index in [1.165, 1.54) is 0 Å². The lowest BCUT2D eigenvalue weighted by molar-refractivity contribution is 0.0525. The van der Waals surface area contributed by atoms with Gasteiger partial charge >= 0.3 is 12.2 Å². The minimum Gasteiger partial charge on any atom is -0.444 e. The molecule has 1 heterocycles. The first kappa shape index (κ1) is 24.4. The molecule has 1 aromatic heterocycles. The summed E-state index contributed by atoms with van der Waals surface area (Å²) in [4.78, 5) is 40.3. The molecule has 2 N–H and O–H groups in total. The Bertz CT molecular complexity index is 733. The predicted molar refractivity (Wildman–Crippen MR) is 111 cm³/mol. The molecule has 0 saturated carbocycles. The van der Waals surface area contributed by atoms with Gasteiger partial charge in [0.1, 0.15) is 17.0 Å². The molecule has 0 aromatic carbocycles. The summed E-state index contributed by atoms with van der Waals surface area (Å²) in [5.41, 5.74) is -0.178.